The summed E-state index contributed by atoms with van der Waals surface area (Å²) >= 11 is 3.42. The molecule has 8 fully saturated rings. The quantitative estimate of drug-likeness (QED) is 0.257. The molecule has 0 bridgehead atoms. The number of carbonyl (C=O) groups is 2. The molecule has 10 rings (SSSR count). The Morgan fingerprint density at radius 3 is 1.61 bits per heavy atom. The maximum atomic E-state index is 13.3. The van der Waals surface area contributed by atoms with Gasteiger partial charge in [-0.1, -0.05) is 29.8 Å². The van der Waals surface area contributed by atoms with Gasteiger partial charge in [0.2, 0.25) is 0 Å². The van der Waals surface area contributed by atoms with Crippen LogP contribution in [0, 0.1) is 93.5 Å². The number of aromatic amines is 1. The van der Waals surface area contributed by atoms with Crippen molar-refractivity contribution >= 4 is 27.5 Å². The van der Waals surface area contributed by atoms with E-state index >= 15 is 0 Å². The summed E-state index contributed by atoms with van der Waals surface area (Å²) in [6.07, 6.45) is 25.8. The van der Waals surface area contributed by atoms with Crippen LogP contribution in [-0.2, 0) is 16.1 Å². The van der Waals surface area contributed by atoms with Crippen molar-refractivity contribution in [1.82, 2.24) is 20.0 Å². The molecule has 16 atom stereocenters. The maximum Gasteiger partial charge on any atom is 0.161 e. The van der Waals surface area contributed by atoms with E-state index in [1.807, 2.05) is 13.8 Å². The summed E-state index contributed by atoms with van der Waals surface area (Å²) in [6.45, 7) is 9.06. The number of H-pyrrole nitrogens is 1. The monoisotopic (exact) mass is 884 g/mol. The minimum atomic E-state index is -0.464. The van der Waals surface area contributed by atoms with Gasteiger partial charge in [0.15, 0.2) is 17.4 Å². The summed E-state index contributed by atoms with van der Waals surface area (Å²) in [7, 11) is 0. The fourth-order valence-electron chi connectivity index (χ4n) is 16.2. The molecule has 8 saturated carbocycles. The molecule has 2 aromatic heterocycles. The number of fused-ring (bicyclic) bond motifs is 10. The zero-order valence-electron chi connectivity index (χ0n) is 36.1. The summed E-state index contributed by atoms with van der Waals surface area (Å²) in [5, 5.41) is 31.2. The standard InChI is InChI=1S/C24H35FN2O2.C21H33BrO2.C3H3FN2/c1-23(29)9-7-17-15(11-23)3-4-19-18(17)8-10-24(2)20(19)5-6-21(24)22(28)14-27-13-16(25)12-26-27;1-20(24)9-7-14-13(11-20)3-4-16-15(14)8-10-21(2)17(16)5-6-18(21)19(23)12-22;4-3-1-5-6-2-3/h12-13,15,17-21,29H,3-11,14H2,1-2H3;13-18,24H,3-12H2,1-2H3;1-2H,(H,5,6)/t15-,17+,18-,19-,20+,21-,23-,24+;13-,14+,15-,16-,17+,18-,20-,21+;/m11./s1. The molecule has 0 aliphatic heterocycles. The number of Topliss-reactive ketones (excluding diaryl/α,β-unsaturated/α-hetero) is 2. The van der Waals surface area contributed by atoms with Crippen molar-refractivity contribution in [3.8, 4) is 0 Å². The lowest BCUT2D eigenvalue weighted by Crippen LogP contribution is -2.51. The van der Waals surface area contributed by atoms with Crippen LogP contribution in [0.15, 0.2) is 24.8 Å². The SMILES string of the molecule is C[C@@]1(O)CC[C@H]2[C@H](CC[C@@H]3[C@@H]2CC[C@]2(C)[C@@H](C(=O)CBr)CC[C@@H]32)C1.C[C@@]1(O)CC[C@H]2[C@H](CC[C@@H]3[C@@H]2CC[C@]2(C)[C@@H](C(=O)Cn4cc(F)cn4)CC[C@@H]32)C1.Fc1cn[nH]c1. The fraction of sp³-hybridized carbons (Fsp3) is 0.833. The Kier molecular flexibility index (Phi) is 12.5. The number of aromatic nitrogens is 4. The first-order valence-corrected chi connectivity index (χ1v) is 24.5. The van der Waals surface area contributed by atoms with E-state index in [9.17, 15) is 28.6 Å². The third kappa shape index (κ3) is 8.58. The molecule has 3 N–H and O–H groups in total. The molecule has 0 saturated heterocycles. The highest BCUT2D eigenvalue weighted by Crippen LogP contribution is 2.66. The normalized spacial score (nSPS) is 45.7. The maximum absolute atomic E-state index is 13.3. The van der Waals surface area contributed by atoms with Gasteiger partial charge in [-0.25, -0.2) is 8.78 Å². The highest BCUT2D eigenvalue weighted by atomic mass is 79.9. The molecule has 0 unspecified atom stereocenters. The number of ketones is 2. The topological polar surface area (TPSA) is 121 Å². The Labute approximate surface area is 359 Å². The smallest absolute Gasteiger partial charge is 0.161 e. The van der Waals surface area contributed by atoms with E-state index in [-0.39, 0.29) is 40.7 Å². The first-order valence-electron chi connectivity index (χ1n) is 23.4. The van der Waals surface area contributed by atoms with Crippen LogP contribution in [0.5, 0.6) is 0 Å². The Bertz CT molecular complexity index is 1780. The number of hydrogen-bond donors (Lipinski definition) is 3. The molecule has 0 radical (unpaired) electrons. The average molecular weight is 886 g/mol. The number of nitrogens with zero attached hydrogens (tertiary/aromatic N) is 3. The molecule has 0 amide bonds. The van der Waals surface area contributed by atoms with Crippen LogP contribution in [0.4, 0.5) is 8.78 Å². The van der Waals surface area contributed by atoms with Crippen LogP contribution < -0.4 is 0 Å². The van der Waals surface area contributed by atoms with Gasteiger partial charge in [-0.15, -0.1) is 0 Å². The predicted octanol–water partition coefficient (Wildman–Crippen LogP) is 10.1. The Hall–Kier alpha value is -1.98. The van der Waals surface area contributed by atoms with Crippen molar-refractivity contribution in [2.24, 2.45) is 81.8 Å². The lowest BCUT2D eigenvalue weighted by atomic mass is 9.49. The number of carbonyl (C=O) groups excluding carboxylic acids is 2. The molecule has 2 heterocycles. The molecule has 8 aliphatic rings. The van der Waals surface area contributed by atoms with E-state index in [0.29, 0.717) is 28.9 Å². The molecular weight excluding hydrogens is 814 g/mol. The van der Waals surface area contributed by atoms with Crippen molar-refractivity contribution in [3.63, 3.8) is 0 Å². The summed E-state index contributed by atoms with van der Waals surface area (Å²) < 4.78 is 26.3. The number of halogens is 3. The van der Waals surface area contributed by atoms with Gasteiger partial charge >= 0.3 is 0 Å². The lowest BCUT2D eigenvalue weighted by Gasteiger charge is -2.56. The van der Waals surface area contributed by atoms with Crippen LogP contribution in [0.2, 0.25) is 0 Å². The van der Waals surface area contributed by atoms with E-state index < -0.39 is 11.2 Å². The lowest BCUT2D eigenvalue weighted by molar-refractivity contribution is -0.133. The van der Waals surface area contributed by atoms with Crippen molar-refractivity contribution in [2.45, 2.75) is 161 Å². The molecule has 328 valence electrons. The highest BCUT2D eigenvalue weighted by Gasteiger charge is 2.60. The van der Waals surface area contributed by atoms with Crippen LogP contribution >= 0.6 is 15.9 Å². The minimum Gasteiger partial charge on any atom is -0.390 e. The van der Waals surface area contributed by atoms with E-state index in [1.54, 1.807) is 0 Å². The predicted molar refractivity (Wildman–Crippen MR) is 227 cm³/mol. The molecule has 8 nitrogen and oxygen atoms in total. The Morgan fingerprint density at radius 2 is 1.19 bits per heavy atom. The zero-order chi connectivity index (χ0) is 41.9. The number of aliphatic hydroxyl groups is 2. The Morgan fingerprint density at radius 1 is 0.678 bits per heavy atom. The molecule has 8 aliphatic carbocycles. The summed E-state index contributed by atoms with van der Waals surface area (Å²) in [6, 6.07) is 0. The number of rotatable bonds is 5. The van der Waals surface area contributed by atoms with E-state index in [4.69, 9.17) is 0 Å². The van der Waals surface area contributed by atoms with Gasteiger partial charge in [0.1, 0.15) is 5.78 Å². The van der Waals surface area contributed by atoms with Gasteiger partial charge in [-0.2, -0.15) is 10.2 Å². The summed E-state index contributed by atoms with van der Waals surface area (Å²) in [5.74, 6) is 8.11. The summed E-state index contributed by atoms with van der Waals surface area (Å²) in [5.41, 5.74) is -0.526. The fourth-order valence-corrected chi connectivity index (χ4v) is 16.6. The molecular formula is C48H71BrF2N4O4. The molecule has 2 aromatic rings. The largest absolute Gasteiger partial charge is 0.390 e. The van der Waals surface area contributed by atoms with Gasteiger partial charge in [0.25, 0.3) is 0 Å². The van der Waals surface area contributed by atoms with Gasteiger partial charge in [0.05, 0.1) is 47.9 Å². The van der Waals surface area contributed by atoms with Crippen LogP contribution in [0.3, 0.4) is 0 Å². The molecule has 0 spiro atoms. The van der Waals surface area contributed by atoms with Gasteiger partial charge in [-0.3, -0.25) is 19.4 Å². The van der Waals surface area contributed by atoms with Crippen LogP contribution in [0.25, 0.3) is 0 Å². The van der Waals surface area contributed by atoms with Gasteiger partial charge < -0.3 is 10.2 Å². The number of alkyl halides is 1. The molecule has 11 heteroatoms. The van der Waals surface area contributed by atoms with Gasteiger partial charge in [-0.05, 0) is 199 Å². The third-order valence-electron chi connectivity index (χ3n) is 18.8. The van der Waals surface area contributed by atoms with Gasteiger partial charge in [0, 0.05) is 11.8 Å². The van der Waals surface area contributed by atoms with Crippen molar-refractivity contribution in [2.75, 3.05) is 5.33 Å². The number of hydrogen-bond acceptors (Lipinski definition) is 6. The molecule has 59 heavy (non-hydrogen) atoms. The Balaban J connectivity index is 0.000000146. The van der Waals surface area contributed by atoms with E-state index in [1.165, 1.54) is 87.5 Å². The second kappa shape index (κ2) is 17.0. The summed E-state index contributed by atoms with van der Waals surface area (Å²) in [4.78, 5) is 25.6. The highest BCUT2D eigenvalue weighted by molar-refractivity contribution is 9.09. The first kappa shape index (κ1) is 43.7. The number of nitrogens with one attached hydrogen (secondary N) is 1. The first-order chi connectivity index (χ1) is 28.0. The second-order valence-electron chi connectivity index (χ2n) is 22.0. The average Bonchev–Trinajstić information content (AvgIpc) is 4.00. The van der Waals surface area contributed by atoms with Crippen molar-refractivity contribution in [1.29, 1.82) is 0 Å². The van der Waals surface area contributed by atoms with Crippen molar-refractivity contribution in [3.05, 3.63) is 36.4 Å². The van der Waals surface area contributed by atoms with E-state index in [2.05, 4.69) is 45.1 Å². The van der Waals surface area contributed by atoms with Crippen molar-refractivity contribution < 1.29 is 28.6 Å². The second-order valence-corrected chi connectivity index (χ2v) is 22.6. The van der Waals surface area contributed by atoms with E-state index in [0.717, 1.165) is 105 Å². The molecule has 0 aromatic carbocycles. The third-order valence-corrected chi connectivity index (χ3v) is 19.3. The van der Waals surface area contributed by atoms with Crippen LogP contribution in [-0.4, -0.2) is 58.3 Å². The van der Waals surface area contributed by atoms with Crippen LogP contribution in [0.1, 0.15) is 143 Å². The zero-order valence-corrected chi connectivity index (χ0v) is 37.7. The minimum absolute atomic E-state index is 0.0884.